The highest BCUT2D eigenvalue weighted by Gasteiger charge is 2.13. The highest BCUT2D eigenvalue weighted by Crippen LogP contribution is 2.14. The van der Waals surface area contributed by atoms with E-state index in [1.807, 2.05) is 12.1 Å². The van der Waals surface area contributed by atoms with Gasteiger partial charge in [0, 0.05) is 12.6 Å². The van der Waals surface area contributed by atoms with Gasteiger partial charge in [-0.2, -0.15) is 0 Å². The molecule has 15 heavy (non-hydrogen) atoms. The number of benzene rings is 1. The van der Waals surface area contributed by atoms with Crippen LogP contribution in [-0.2, 0) is 4.79 Å². The smallest absolute Gasteiger partial charge is 0.292 e. The average Bonchev–Trinajstić information content (AvgIpc) is 2.27. The van der Waals surface area contributed by atoms with E-state index in [9.17, 15) is 9.59 Å². The highest BCUT2D eigenvalue weighted by molar-refractivity contribution is 6.42. The molecule has 0 aliphatic carbocycles. The fourth-order valence-corrected chi connectivity index (χ4v) is 1.26. The largest absolute Gasteiger partial charge is 0.352 e. The minimum atomic E-state index is -0.577. The third-order valence-electron chi connectivity index (χ3n) is 2.27. The van der Waals surface area contributed by atoms with Gasteiger partial charge < -0.3 is 5.32 Å². The van der Waals surface area contributed by atoms with Crippen LogP contribution < -0.4 is 5.32 Å². The first kappa shape index (κ1) is 11.4. The van der Waals surface area contributed by atoms with Crippen molar-refractivity contribution < 1.29 is 9.59 Å². The zero-order valence-electron chi connectivity index (χ0n) is 9.20. The molecule has 0 saturated carbocycles. The van der Waals surface area contributed by atoms with Crippen molar-refractivity contribution in [1.29, 1.82) is 0 Å². The molecule has 0 aliphatic rings. The molecule has 0 saturated heterocycles. The molecule has 0 heterocycles. The molecule has 0 spiro atoms. The van der Waals surface area contributed by atoms with Gasteiger partial charge in [-0.25, -0.2) is 0 Å². The summed E-state index contributed by atoms with van der Waals surface area (Å²) in [6.07, 6.45) is 0. The number of Topliss-reactive ketones (excluding diaryl/α,β-unsaturated/α-hetero) is 1. The lowest BCUT2D eigenvalue weighted by atomic mass is 10.0. The first-order valence-corrected chi connectivity index (χ1v) is 4.92. The number of likely N-dealkylation sites (N-methyl/N-ethyl adjacent to an activating group) is 1. The van der Waals surface area contributed by atoms with Gasteiger partial charge in [0.1, 0.15) is 0 Å². The van der Waals surface area contributed by atoms with E-state index in [-0.39, 0.29) is 0 Å². The minimum Gasteiger partial charge on any atom is -0.352 e. The number of ketones is 1. The number of carbonyl (C=O) groups excluding carboxylic acids is 2. The summed E-state index contributed by atoms with van der Waals surface area (Å²) in [6, 6.07) is 7.13. The summed E-state index contributed by atoms with van der Waals surface area (Å²) >= 11 is 0. The molecular weight excluding hydrogens is 190 g/mol. The molecule has 0 atom stereocenters. The summed E-state index contributed by atoms with van der Waals surface area (Å²) < 4.78 is 0. The van der Waals surface area contributed by atoms with Crippen molar-refractivity contribution >= 4 is 11.7 Å². The highest BCUT2D eigenvalue weighted by atomic mass is 16.2. The molecule has 0 aliphatic heterocycles. The Balaban J connectivity index is 2.89. The molecule has 3 heteroatoms. The van der Waals surface area contributed by atoms with Crippen LogP contribution in [0.1, 0.15) is 35.7 Å². The van der Waals surface area contributed by atoms with Gasteiger partial charge in [0.05, 0.1) is 0 Å². The first-order valence-electron chi connectivity index (χ1n) is 4.92. The van der Waals surface area contributed by atoms with Crippen LogP contribution in [0.2, 0.25) is 0 Å². The van der Waals surface area contributed by atoms with Gasteiger partial charge >= 0.3 is 0 Å². The van der Waals surface area contributed by atoms with E-state index in [2.05, 4.69) is 19.2 Å². The molecule has 1 amide bonds. The number of nitrogens with one attached hydrogen (secondary N) is 1. The summed E-state index contributed by atoms with van der Waals surface area (Å²) in [6.45, 7) is 4.16. The van der Waals surface area contributed by atoms with Crippen LogP contribution in [0.4, 0.5) is 0 Å². The molecule has 1 rings (SSSR count). The lowest BCUT2D eigenvalue weighted by molar-refractivity contribution is -0.116. The third-order valence-corrected chi connectivity index (χ3v) is 2.27. The van der Waals surface area contributed by atoms with E-state index in [0.717, 1.165) is 5.56 Å². The molecule has 0 bridgehead atoms. The normalized spacial score (nSPS) is 10.1. The van der Waals surface area contributed by atoms with Gasteiger partial charge in [-0.1, -0.05) is 38.1 Å². The van der Waals surface area contributed by atoms with Crippen LogP contribution in [0.15, 0.2) is 24.3 Å². The van der Waals surface area contributed by atoms with E-state index in [1.165, 1.54) is 7.05 Å². The van der Waals surface area contributed by atoms with Gasteiger partial charge in [0.2, 0.25) is 5.78 Å². The number of carbonyl (C=O) groups is 2. The number of hydrogen-bond donors (Lipinski definition) is 1. The molecule has 0 fully saturated rings. The third kappa shape index (κ3) is 2.65. The minimum absolute atomic E-state index is 0.425. The maximum Gasteiger partial charge on any atom is 0.292 e. The maximum absolute atomic E-state index is 11.4. The van der Waals surface area contributed by atoms with Crippen LogP contribution in [0.5, 0.6) is 0 Å². The second-order valence-electron chi connectivity index (χ2n) is 3.68. The Morgan fingerprint density at radius 3 is 2.07 bits per heavy atom. The van der Waals surface area contributed by atoms with E-state index in [0.29, 0.717) is 11.5 Å². The van der Waals surface area contributed by atoms with Crippen LogP contribution >= 0.6 is 0 Å². The molecule has 1 N–H and O–H groups in total. The fraction of sp³-hybridized carbons (Fsp3) is 0.333. The van der Waals surface area contributed by atoms with Crippen molar-refractivity contribution in [3.63, 3.8) is 0 Å². The van der Waals surface area contributed by atoms with Gasteiger partial charge in [0.15, 0.2) is 0 Å². The van der Waals surface area contributed by atoms with E-state index in [4.69, 9.17) is 0 Å². The van der Waals surface area contributed by atoms with Crippen molar-refractivity contribution in [3.05, 3.63) is 35.4 Å². The second-order valence-corrected chi connectivity index (χ2v) is 3.68. The van der Waals surface area contributed by atoms with Crippen molar-refractivity contribution in [2.45, 2.75) is 19.8 Å². The SMILES string of the molecule is CNC(=O)C(=O)c1ccc(C(C)C)cc1. The molecule has 0 aromatic heterocycles. The number of amides is 1. The van der Waals surface area contributed by atoms with Crippen molar-refractivity contribution in [2.24, 2.45) is 0 Å². The lowest BCUT2D eigenvalue weighted by Gasteiger charge is -2.05. The first-order chi connectivity index (χ1) is 7.06. The van der Waals surface area contributed by atoms with Crippen LogP contribution in [0, 0.1) is 0 Å². The number of rotatable bonds is 3. The summed E-state index contributed by atoms with van der Waals surface area (Å²) in [5.74, 6) is -0.644. The Kier molecular flexibility index (Phi) is 3.61. The molecule has 1 aromatic carbocycles. The van der Waals surface area contributed by atoms with Gasteiger partial charge in [-0.15, -0.1) is 0 Å². The molecule has 80 valence electrons. The van der Waals surface area contributed by atoms with Crippen molar-refractivity contribution in [1.82, 2.24) is 5.32 Å². The zero-order valence-corrected chi connectivity index (χ0v) is 9.20. The van der Waals surface area contributed by atoms with E-state index >= 15 is 0 Å². The molecule has 0 unspecified atom stereocenters. The van der Waals surface area contributed by atoms with Gasteiger partial charge in [-0.3, -0.25) is 9.59 Å². The molecule has 1 aromatic rings. The summed E-state index contributed by atoms with van der Waals surface area (Å²) in [7, 11) is 1.45. The molecule has 0 radical (unpaired) electrons. The quantitative estimate of drug-likeness (QED) is 0.603. The summed E-state index contributed by atoms with van der Waals surface area (Å²) in [4.78, 5) is 22.5. The summed E-state index contributed by atoms with van der Waals surface area (Å²) in [5, 5.41) is 2.31. The van der Waals surface area contributed by atoms with Crippen LogP contribution in [0.25, 0.3) is 0 Å². The Morgan fingerprint density at radius 2 is 1.67 bits per heavy atom. The topological polar surface area (TPSA) is 46.2 Å². The Labute approximate surface area is 89.5 Å². The van der Waals surface area contributed by atoms with Crippen molar-refractivity contribution in [3.8, 4) is 0 Å². The maximum atomic E-state index is 11.4. The predicted molar refractivity (Wildman–Crippen MR) is 58.9 cm³/mol. The van der Waals surface area contributed by atoms with Crippen molar-refractivity contribution in [2.75, 3.05) is 7.05 Å². The summed E-state index contributed by atoms with van der Waals surface area (Å²) in [5.41, 5.74) is 1.59. The lowest BCUT2D eigenvalue weighted by Crippen LogP contribution is -2.27. The van der Waals surface area contributed by atoms with Crippen LogP contribution in [-0.4, -0.2) is 18.7 Å². The van der Waals surface area contributed by atoms with Gasteiger partial charge in [0.25, 0.3) is 5.91 Å². The van der Waals surface area contributed by atoms with E-state index < -0.39 is 11.7 Å². The Bertz CT molecular complexity index is 366. The van der Waals surface area contributed by atoms with Crippen LogP contribution in [0.3, 0.4) is 0 Å². The standard InChI is InChI=1S/C12H15NO2/c1-8(2)9-4-6-10(7-5-9)11(14)12(15)13-3/h4-8H,1-3H3,(H,13,15). The van der Waals surface area contributed by atoms with Gasteiger partial charge in [-0.05, 0) is 11.5 Å². The molecule has 3 nitrogen and oxygen atoms in total. The Hall–Kier alpha value is -1.64. The second kappa shape index (κ2) is 4.73. The number of hydrogen-bond acceptors (Lipinski definition) is 2. The fourth-order valence-electron chi connectivity index (χ4n) is 1.26. The van der Waals surface area contributed by atoms with E-state index in [1.54, 1.807) is 12.1 Å². The Morgan fingerprint density at radius 1 is 1.13 bits per heavy atom. The molecular formula is C12H15NO2. The predicted octanol–water partition coefficient (Wildman–Crippen LogP) is 1.74. The zero-order chi connectivity index (χ0) is 11.4. The monoisotopic (exact) mass is 205 g/mol. The average molecular weight is 205 g/mol.